The van der Waals surface area contributed by atoms with E-state index in [1.54, 1.807) is 0 Å². The van der Waals surface area contributed by atoms with Crippen molar-refractivity contribution in [1.82, 2.24) is 5.43 Å². The Labute approximate surface area is 107 Å². The summed E-state index contributed by atoms with van der Waals surface area (Å²) in [5, 5.41) is 6.92. The Bertz CT molecular complexity index is 428. The quantitative estimate of drug-likeness (QED) is 0.771. The van der Waals surface area contributed by atoms with Gasteiger partial charge >= 0.3 is 6.03 Å². The van der Waals surface area contributed by atoms with E-state index in [0.717, 1.165) is 24.2 Å². The van der Waals surface area contributed by atoms with E-state index >= 15 is 0 Å². The Hall–Kier alpha value is -1.84. The van der Waals surface area contributed by atoms with Gasteiger partial charge in [0.1, 0.15) is 0 Å². The Kier molecular flexibility index (Phi) is 4.34. The Morgan fingerprint density at radius 1 is 1.33 bits per heavy atom. The summed E-state index contributed by atoms with van der Waals surface area (Å²) in [6.07, 6.45) is 4.42. The van der Waals surface area contributed by atoms with Gasteiger partial charge in [0.05, 0.1) is 0 Å². The highest BCUT2D eigenvalue weighted by Gasteiger charge is 2.14. The predicted octanol–water partition coefficient (Wildman–Crippen LogP) is 3.37. The van der Waals surface area contributed by atoms with E-state index in [1.807, 2.05) is 30.3 Å². The molecule has 4 nitrogen and oxygen atoms in total. The molecule has 0 aromatic heterocycles. The van der Waals surface area contributed by atoms with Crippen LogP contribution < -0.4 is 10.7 Å². The highest BCUT2D eigenvalue weighted by molar-refractivity contribution is 5.91. The standard InChI is InChI=1S/C14H19N3O/c1-11-6-5-9-13(10-11)16-17-14(18)15-12-7-3-2-4-8-12/h2-4,7-8,11H,5-6,9-10H2,1H3,(H2,15,17,18)/b16-13-/t11-/m0/s1. The van der Waals surface area contributed by atoms with Gasteiger partial charge in [-0.25, -0.2) is 10.2 Å². The molecule has 1 atom stereocenters. The second-order valence-corrected chi connectivity index (χ2v) is 4.81. The van der Waals surface area contributed by atoms with E-state index in [2.05, 4.69) is 22.8 Å². The molecule has 96 valence electrons. The van der Waals surface area contributed by atoms with Crippen molar-refractivity contribution < 1.29 is 4.79 Å². The molecule has 0 saturated heterocycles. The lowest BCUT2D eigenvalue weighted by Crippen LogP contribution is -2.26. The van der Waals surface area contributed by atoms with Crippen molar-refractivity contribution >= 4 is 17.4 Å². The maximum Gasteiger partial charge on any atom is 0.339 e. The number of carbonyl (C=O) groups is 1. The number of nitrogens with zero attached hydrogens (tertiary/aromatic N) is 1. The molecule has 0 unspecified atom stereocenters. The number of hydrogen-bond donors (Lipinski definition) is 2. The molecule has 2 rings (SSSR count). The number of urea groups is 1. The van der Waals surface area contributed by atoms with Crippen molar-refractivity contribution in [3.05, 3.63) is 30.3 Å². The van der Waals surface area contributed by atoms with Gasteiger partial charge < -0.3 is 5.32 Å². The van der Waals surface area contributed by atoms with Gasteiger partial charge in [-0.15, -0.1) is 0 Å². The number of nitrogens with one attached hydrogen (secondary N) is 2. The van der Waals surface area contributed by atoms with Crippen molar-refractivity contribution in [2.75, 3.05) is 5.32 Å². The van der Waals surface area contributed by atoms with Crippen LogP contribution in [0.4, 0.5) is 10.5 Å². The maximum absolute atomic E-state index is 11.6. The maximum atomic E-state index is 11.6. The van der Waals surface area contributed by atoms with Crippen LogP contribution >= 0.6 is 0 Å². The third-order valence-electron chi connectivity index (χ3n) is 3.09. The molecule has 0 radical (unpaired) electrons. The second-order valence-electron chi connectivity index (χ2n) is 4.81. The molecule has 18 heavy (non-hydrogen) atoms. The molecule has 0 spiro atoms. The molecule has 0 aliphatic heterocycles. The van der Waals surface area contributed by atoms with Crippen molar-refractivity contribution in [3.63, 3.8) is 0 Å². The summed E-state index contributed by atoms with van der Waals surface area (Å²) in [5.41, 5.74) is 4.42. The van der Waals surface area contributed by atoms with Crippen LogP contribution in [0.1, 0.15) is 32.6 Å². The first-order valence-electron chi connectivity index (χ1n) is 6.41. The summed E-state index contributed by atoms with van der Waals surface area (Å²) in [6.45, 7) is 2.22. The van der Waals surface area contributed by atoms with Crippen LogP contribution in [0.2, 0.25) is 0 Å². The lowest BCUT2D eigenvalue weighted by atomic mass is 9.89. The molecule has 2 amide bonds. The fourth-order valence-electron chi connectivity index (χ4n) is 2.17. The summed E-state index contributed by atoms with van der Waals surface area (Å²) in [5.74, 6) is 0.677. The predicted molar refractivity (Wildman–Crippen MR) is 73.7 cm³/mol. The number of para-hydroxylation sites is 1. The van der Waals surface area contributed by atoms with Gasteiger partial charge in [-0.2, -0.15) is 5.10 Å². The first-order valence-corrected chi connectivity index (χ1v) is 6.41. The lowest BCUT2D eigenvalue weighted by Gasteiger charge is -2.18. The molecule has 0 heterocycles. The normalized spacial score (nSPS) is 21.6. The van der Waals surface area contributed by atoms with Crippen LogP contribution in [0.15, 0.2) is 35.4 Å². The van der Waals surface area contributed by atoms with Crippen molar-refractivity contribution in [1.29, 1.82) is 0 Å². The fraction of sp³-hybridized carbons (Fsp3) is 0.429. The first-order chi connectivity index (χ1) is 8.74. The van der Waals surface area contributed by atoms with Gasteiger partial charge in [-0.3, -0.25) is 0 Å². The largest absolute Gasteiger partial charge is 0.339 e. The number of hydrazone groups is 1. The number of benzene rings is 1. The Morgan fingerprint density at radius 3 is 2.83 bits per heavy atom. The highest BCUT2D eigenvalue weighted by atomic mass is 16.2. The Balaban J connectivity index is 1.83. The monoisotopic (exact) mass is 245 g/mol. The lowest BCUT2D eigenvalue weighted by molar-refractivity contribution is 0.252. The van der Waals surface area contributed by atoms with Gasteiger partial charge in [-0.05, 0) is 43.7 Å². The zero-order valence-corrected chi connectivity index (χ0v) is 10.6. The molecule has 1 aromatic carbocycles. The number of hydrogen-bond acceptors (Lipinski definition) is 2. The van der Waals surface area contributed by atoms with Crippen LogP contribution in [0.25, 0.3) is 0 Å². The zero-order valence-electron chi connectivity index (χ0n) is 10.6. The summed E-state index contributed by atoms with van der Waals surface area (Å²) in [7, 11) is 0. The number of rotatable bonds is 2. The highest BCUT2D eigenvalue weighted by Crippen LogP contribution is 2.20. The van der Waals surface area contributed by atoms with E-state index in [1.165, 1.54) is 12.8 Å². The van der Waals surface area contributed by atoms with Crippen molar-refractivity contribution in [2.45, 2.75) is 32.6 Å². The molecule has 2 N–H and O–H groups in total. The minimum absolute atomic E-state index is 0.285. The molecule has 1 aliphatic carbocycles. The minimum Gasteiger partial charge on any atom is -0.307 e. The average Bonchev–Trinajstić information content (AvgIpc) is 2.38. The average molecular weight is 245 g/mol. The van der Waals surface area contributed by atoms with E-state index in [0.29, 0.717) is 5.92 Å². The van der Waals surface area contributed by atoms with E-state index < -0.39 is 0 Å². The third kappa shape index (κ3) is 3.87. The zero-order chi connectivity index (χ0) is 12.8. The van der Waals surface area contributed by atoms with Crippen LogP contribution in [0, 0.1) is 5.92 Å². The minimum atomic E-state index is -0.285. The molecule has 1 aliphatic rings. The van der Waals surface area contributed by atoms with Gasteiger partial charge in [-0.1, -0.05) is 25.1 Å². The summed E-state index contributed by atoms with van der Waals surface area (Å²) in [6, 6.07) is 9.07. The third-order valence-corrected chi connectivity index (χ3v) is 3.09. The van der Waals surface area contributed by atoms with Crippen molar-refractivity contribution in [3.8, 4) is 0 Å². The number of anilines is 1. The molecule has 1 saturated carbocycles. The van der Waals surface area contributed by atoms with Gasteiger partial charge in [0.25, 0.3) is 0 Å². The van der Waals surface area contributed by atoms with Crippen LogP contribution in [0.3, 0.4) is 0 Å². The van der Waals surface area contributed by atoms with Gasteiger partial charge in [0.15, 0.2) is 0 Å². The van der Waals surface area contributed by atoms with Gasteiger partial charge in [0, 0.05) is 11.4 Å². The summed E-state index contributed by atoms with van der Waals surface area (Å²) < 4.78 is 0. The smallest absolute Gasteiger partial charge is 0.307 e. The van der Waals surface area contributed by atoms with Crippen molar-refractivity contribution in [2.24, 2.45) is 11.0 Å². The molecule has 4 heteroatoms. The topological polar surface area (TPSA) is 53.5 Å². The Morgan fingerprint density at radius 2 is 2.11 bits per heavy atom. The molecular formula is C14H19N3O. The van der Waals surface area contributed by atoms with E-state index in [-0.39, 0.29) is 6.03 Å². The number of carbonyl (C=O) groups excluding carboxylic acids is 1. The second kappa shape index (κ2) is 6.19. The van der Waals surface area contributed by atoms with Crippen LogP contribution in [0.5, 0.6) is 0 Å². The van der Waals surface area contributed by atoms with E-state index in [4.69, 9.17) is 0 Å². The van der Waals surface area contributed by atoms with E-state index in [9.17, 15) is 4.79 Å². The molecule has 1 aromatic rings. The number of amides is 2. The first kappa shape index (κ1) is 12.6. The molecule has 1 fully saturated rings. The summed E-state index contributed by atoms with van der Waals surface area (Å²) >= 11 is 0. The summed E-state index contributed by atoms with van der Waals surface area (Å²) in [4.78, 5) is 11.6. The SMILES string of the molecule is C[C@H]1CCC/C(=N/NC(=O)Nc2ccccc2)C1. The van der Waals surface area contributed by atoms with Gasteiger partial charge in [0.2, 0.25) is 0 Å². The molecular weight excluding hydrogens is 226 g/mol. The molecule has 0 bridgehead atoms. The van der Waals surface area contributed by atoms with Crippen LogP contribution in [-0.4, -0.2) is 11.7 Å². The fourth-order valence-corrected chi connectivity index (χ4v) is 2.17. The van der Waals surface area contributed by atoms with Crippen LogP contribution in [-0.2, 0) is 0 Å².